The largest absolute Gasteiger partial charge is 0.364 e. The number of carbonyl (C=O) groups is 1. The van der Waals surface area contributed by atoms with Crippen molar-refractivity contribution >= 4 is 29.2 Å². The van der Waals surface area contributed by atoms with Gasteiger partial charge in [0.2, 0.25) is 0 Å². The van der Waals surface area contributed by atoms with Gasteiger partial charge in [-0.2, -0.15) is 0 Å². The fourth-order valence-electron chi connectivity index (χ4n) is 2.56. The number of nitrogens with zero attached hydrogens (tertiary/aromatic N) is 1. The van der Waals surface area contributed by atoms with Gasteiger partial charge >= 0.3 is 0 Å². The van der Waals surface area contributed by atoms with E-state index in [1.165, 1.54) is 0 Å². The summed E-state index contributed by atoms with van der Waals surface area (Å²) in [7, 11) is 0. The van der Waals surface area contributed by atoms with Gasteiger partial charge < -0.3 is 16.5 Å². The Hall–Kier alpha value is -1.66. The van der Waals surface area contributed by atoms with Gasteiger partial charge in [0.05, 0.1) is 5.69 Å². The molecule has 0 aromatic carbocycles. The fraction of sp³-hybridized carbons (Fsp3) is 0.400. The number of allylic oxidation sites excluding steroid dienone is 1. The van der Waals surface area contributed by atoms with Gasteiger partial charge in [-0.3, -0.25) is 4.79 Å². The van der Waals surface area contributed by atoms with E-state index in [1.54, 1.807) is 12.1 Å². The number of fused-ring (bicyclic) bond motifs is 1. The quantitative estimate of drug-likeness (QED) is 0.502. The predicted octanol–water partition coefficient (Wildman–Crippen LogP) is 1.53. The summed E-state index contributed by atoms with van der Waals surface area (Å²) in [4.78, 5) is 16.5. The third-order valence-electron chi connectivity index (χ3n) is 3.89. The summed E-state index contributed by atoms with van der Waals surface area (Å²) in [6.45, 7) is 1.50. The number of aromatic nitrogens is 1. The normalized spacial score (nSPS) is 18.2. The van der Waals surface area contributed by atoms with Crippen LogP contribution in [0.15, 0.2) is 12.1 Å². The van der Waals surface area contributed by atoms with Crippen molar-refractivity contribution in [3.8, 4) is 0 Å². The van der Waals surface area contributed by atoms with Crippen molar-refractivity contribution in [1.82, 2.24) is 10.3 Å². The molecule has 6 heteroatoms. The van der Waals surface area contributed by atoms with E-state index in [-0.39, 0.29) is 5.69 Å². The molecule has 0 bridgehead atoms. The van der Waals surface area contributed by atoms with Crippen LogP contribution in [0.3, 0.4) is 0 Å². The Morgan fingerprint density at radius 2 is 2.29 bits per heavy atom. The van der Waals surface area contributed by atoms with Crippen LogP contribution in [0, 0.1) is 11.3 Å². The van der Waals surface area contributed by atoms with Crippen molar-refractivity contribution in [3.63, 3.8) is 0 Å². The fourth-order valence-corrected chi connectivity index (χ4v) is 2.90. The van der Waals surface area contributed by atoms with Crippen LogP contribution >= 0.6 is 12.6 Å². The van der Waals surface area contributed by atoms with E-state index in [9.17, 15) is 4.79 Å². The maximum atomic E-state index is 11.5. The van der Waals surface area contributed by atoms with Gasteiger partial charge in [0, 0.05) is 23.1 Å². The molecule has 21 heavy (non-hydrogen) atoms. The summed E-state index contributed by atoms with van der Waals surface area (Å²) in [5.74, 6) is -0.162. The van der Waals surface area contributed by atoms with E-state index >= 15 is 0 Å². The molecule has 0 radical (unpaired) electrons. The van der Waals surface area contributed by atoms with E-state index in [0.29, 0.717) is 18.2 Å². The first-order valence-electron chi connectivity index (χ1n) is 7.09. The lowest BCUT2D eigenvalue weighted by Gasteiger charge is -2.20. The highest BCUT2D eigenvalue weighted by atomic mass is 32.1. The monoisotopic (exact) mass is 302 g/mol. The number of primary amides is 1. The molecule has 5 nitrogen and oxygen atoms in total. The molecule has 1 aliphatic heterocycles. The van der Waals surface area contributed by atoms with Crippen molar-refractivity contribution in [2.45, 2.75) is 25.8 Å². The molecule has 0 atom stereocenters. The molecule has 0 spiro atoms. The predicted molar refractivity (Wildman–Crippen MR) is 85.6 cm³/mol. The smallest absolute Gasteiger partial charge is 0.267 e. The number of thiol groups is 1. The van der Waals surface area contributed by atoms with E-state index in [1.807, 2.05) is 0 Å². The number of carbonyl (C=O) groups excluding carboxylic acids is 1. The molecule has 110 valence electrons. The molecule has 0 saturated heterocycles. The molecule has 1 aromatic rings. The Labute approximate surface area is 128 Å². The van der Waals surface area contributed by atoms with Gasteiger partial charge in [0.15, 0.2) is 0 Å². The van der Waals surface area contributed by atoms with Gasteiger partial charge in [-0.25, -0.2) is 4.98 Å². The van der Waals surface area contributed by atoms with Crippen LogP contribution in [0.25, 0.3) is 4.91 Å². The van der Waals surface area contributed by atoms with Crippen molar-refractivity contribution in [3.05, 3.63) is 34.7 Å². The number of nitrogens with one attached hydrogen (secondary N) is 2. The minimum Gasteiger partial charge on any atom is -0.364 e. The Bertz CT molecular complexity index is 649. The second-order valence-electron chi connectivity index (χ2n) is 5.53. The van der Waals surface area contributed by atoms with Crippen LogP contribution in [0.5, 0.6) is 0 Å². The average Bonchev–Trinajstić information content (AvgIpc) is 3.30. The second kappa shape index (κ2) is 5.61. The van der Waals surface area contributed by atoms with Gasteiger partial charge in [-0.1, -0.05) is 0 Å². The lowest BCUT2D eigenvalue weighted by molar-refractivity contribution is 0.0995. The Kier molecular flexibility index (Phi) is 3.82. The van der Waals surface area contributed by atoms with Crippen LogP contribution in [-0.2, 0) is 13.0 Å². The number of nitrogens with two attached hydrogens (primary N) is 1. The van der Waals surface area contributed by atoms with Gasteiger partial charge in [0.25, 0.3) is 5.91 Å². The zero-order valence-corrected chi connectivity index (χ0v) is 12.5. The average molecular weight is 302 g/mol. The Morgan fingerprint density at radius 3 is 2.95 bits per heavy atom. The number of hydrogen-bond donors (Lipinski definition) is 4. The maximum absolute atomic E-state index is 11.5. The molecule has 1 aliphatic carbocycles. The summed E-state index contributed by atoms with van der Waals surface area (Å²) in [6, 6.07) is 1.70. The van der Waals surface area contributed by atoms with Crippen LogP contribution in [0.4, 0.5) is 0 Å². The minimum atomic E-state index is -0.539. The van der Waals surface area contributed by atoms with Crippen molar-refractivity contribution in [1.29, 1.82) is 5.41 Å². The van der Waals surface area contributed by atoms with Crippen LogP contribution in [-0.4, -0.2) is 23.1 Å². The van der Waals surface area contributed by atoms with Crippen molar-refractivity contribution in [2.24, 2.45) is 11.7 Å². The third-order valence-corrected chi connectivity index (χ3v) is 4.26. The number of pyridine rings is 1. The van der Waals surface area contributed by atoms with Gasteiger partial charge in [0.1, 0.15) is 5.69 Å². The first kappa shape index (κ1) is 14.3. The van der Waals surface area contributed by atoms with E-state index in [4.69, 9.17) is 11.1 Å². The third kappa shape index (κ3) is 3.01. The van der Waals surface area contributed by atoms with Crippen LogP contribution < -0.4 is 11.1 Å². The lowest BCUT2D eigenvalue weighted by atomic mass is 9.97. The summed E-state index contributed by atoms with van der Waals surface area (Å²) < 4.78 is 0. The molecule has 1 amide bonds. The van der Waals surface area contributed by atoms with Crippen molar-refractivity contribution < 1.29 is 4.79 Å². The summed E-state index contributed by atoms with van der Waals surface area (Å²) in [5.41, 5.74) is 9.06. The molecule has 3 rings (SSSR count). The van der Waals surface area contributed by atoms with Crippen molar-refractivity contribution in [2.75, 3.05) is 6.54 Å². The molecule has 0 unspecified atom stereocenters. The molecular weight excluding hydrogens is 284 g/mol. The first-order valence-corrected chi connectivity index (χ1v) is 7.53. The first-order chi connectivity index (χ1) is 10.1. The molecule has 1 fully saturated rings. The van der Waals surface area contributed by atoms with Gasteiger partial charge in [-0.05, 0) is 49.1 Å². The zero-order chi connectivity index (χ0) is 15.0. The lowest BCUT2D eigenvalue weighted by Crippen LogP contribution is -2.27. The molecular formula is C15H18N4OS. The molecule has 4 N–H and O–H groups in total. The molecule has 1 saturated carbocycles. The highest BCUT2D eigenvalue weighted by Crippen LogP contribution is 2.33. The number of amides is 1. The number of rotatable bonds is 4. The summed E-state index contributed by atoms with van der Waals surface area (Å²) >= 11 is 4.55. The highest BCUT2D eigenvalue weighted by molar-refractivity contribution is 7.90. The molecule has 2 heterocycles. The molecule has 1 aromatic heterocycles. The van der Waals surface area contributed by atoms with E-state index < -0.39 is 5.91 Å². The zero-order valence-electron chi connectivity index (χ0n) is 11.6. The maximum Gasteiger partial charge on any atom is 0.267 e. The highest BCUT2D eigenvalue weighted by Gasteiger charge is 2.26. The summed E-state index contributed by atoms with van der Waals surface area (Å²) in [5, 5.41) is 11.3. The van der Waals surface area contributed by atoms with Crippen LogP contribution in [0.1, 0.15) is 40.2 Å². The Balaban J connectivity index is 2.04. The van der Waals surface area contributed by atoms with Gasteiger partial charge in [-0.15, -0.1) is 12.6 Å². The topological polar surface area (TPSA) is 91.9 Å². The summed E-state index contributed by atoms with van der Waals surface area (Å²) in [6.07, 6.45) is 4.80. The minimum absolute atomic E-state index is 0.255. The van der Waals surface area contributed by atoms with E-state index in [2.05, 4.69) is 22.9 Å². The standard InChI is InChI=1S/C15H18N4OS/c16-11(8-1-2-8)6-14(21)10-5-12(15(17)20)19-13-7-18-4-3-9(10)13/h5-6,8,16,18,21H,1-4,7H2,(H2,17,20)/b14-6-,16-11?. The van der Waals surface area contributed by atoms with Crippen LogP contribution in [0.2, 0.25) is 0 Å². The SMILES string of the molecule is N=C(/C=C(\S)c1cc(C(N)=O)nc2c1CCNC2)C1CC1. The molecule has 2 aliphatic rings. The Morgan fingerprint density at radius 1 is 1.52 bits per heavy atom. The van der Waals surface area contributed by atoms with E-state index in [0.717, 1.165) is 47.5 Å². The number of hydrogen-bond acceptors (Lipinski definition) is 5. The second-order valence-corrected chi connectivity index (χ2v) is 6.01.